The third-order valence-electron chi connectivity index (χ3n) is 4.81. The first-order valence-corrected chi connectivity index (χ1v) is 9.18. The minimum atomic E-state index is 0.00524. The Hall–Kier alpha value is -2.77. The molecule has 0 spiro atoms. The number of pyridine rings is 1. The predicted octanol–water partition coefficient (Wildman–Crippen LogP) is 2.29. The van der Waals surface area contributed by atoms with Gasteiger partial charge < -0.3 is 9.84 Å². The van der Waals surface area contributed by atoms with Crippen LogP contribution in [0, 0.1) is 6.92 Å². The van der Waals surface area contributed by atoms with Crippen LogP contribution in [0.25, 0.3) is 10.9 Å². The van der Waals surface area contributed by atoms with Gasteiger partial charge in [-0.05, 0) is 31.2 Å². The number of amides is 1. The van der Waals surface area contributed by atoms with E-state index in [1.807, 2.05) is 43.3 Å². The Bertz CT molecular complexity index is 926. The van der Waals surface area contributed by atoms with E-state index in [0.717, 1.165) is 60.8 Å². The van der Waals surface area contributed by atoms with E-state index in [2.05, 4.69) is 25.3 Å². The molecule has 1 saturated heterocycles. The number of hydrogen-bond donors (Lipinski definition) is 1. The molecule has 1 aliphatic rings. The molecule has 2 aromatic heterocycles. The maximum atomic E-state index is 12.5. The summed E-state index contributed by atoms with van der Waals surface area (Å²) in [6, 6.07) is 11.6. The van der Waals surface area contributed by atoms with Crippen molar-refractivity contribution in [1.82, 2.24) is 19.9 Å². The molecule has 1 aromatic carbocycles. The minimum absolute atomic E-state index is 0.00524. The van der Waals surface area contributed by atoms with Crippen molar-refractivity contribution in [1.29, 1.82) is 0 Å². The fraction of sp³-hybridized carbons (Fsp3) is 0.350. The lowest BCUT2D eigenvalue weighted by molar-refractivity contribution is -0.117. The Morgan fingerprint density at radius 1 is 1.15 bits per heavy atom. The van der Waals surface area contributed by atoms with E-state index in [1.54, 1.807) is 6.20 Å². The lowest BCUT2D eigenvalue weighted by atomic mass is 10.2. The number of aromatic nitrogens is 2. The molecule has 7 nitrogen and oxygen atoms in total. The number of carbonyl (C=O) groups excluding carboxylic acids is 1. The zero-order valence-electron chi connectivity index (χ0n) is 15.4. The van der Waals surface area contributed by atoms with Crippen molar-refractivity contribution in [3.05, 3.63) is 54.0 Å². The summed E-state index contributed by atoms with van der Waals surface area (Å²) in [7, 11) is 0. The van der Waals surface area contributed by atoms with Gasteiger partial charge >= 0.3 is 0 Å². The van der Waals surface area contributed by atoms with Gasteiger partial charge in [-0.2, -0.15) is 0 Å². The second kappa shape index (κ2) is 7.85. The fourth-order valence-electron chi connectivity index (χ4n) is 3.42. The second-order valence-electron chi connectivity index (χ2n) is 6.91. The number of hydrogen-bond acceptors (Lipinski definition) is 6. The van der Waals surface area contributed by atoms with Crippen molar-refractivity contribution in [2.24, 2.45) is 0 Å². The van der Waals surface area contributed by atoms with E-state index in [0.29, 0.717) is 6.54 Å². The highest BCUT2D eigenvalue weighted by Crippen LogP contribution is 2.21. The molecule has 0 bridgehead atoms. The number of anilines is 1. The van der Waals surface area contributed by atoms with E-state index in [-0.39, 0.29) is 5.91 Å². The van der Waals surface area contributed by atoms with Gasteiger partial charge in [-0.1, -0.05) is 11.2 Å². The molecule has 0 saturated carbocycles. The number of piperazine rings is 1. The highest BCUT2D eigenvalue weighted by Gasteiger charge is 2.20. The van der Waals surface area contributed by atoms with Crippen molar-refractivity contribution < 1.29 is 9.32 Å². The molecule has 1 N–H and O–H groups in total. The zero-order valence-corrected chi connectivity index (χ0v) is 15.4. The summed E-state index contributed by atoms with van der Waals surface area (Å²) in [5, 5.41) is 7.92. The highest BCUT2D eigenvalue weighted by atomic mass is 16.5. The van der Waals surface area contributed by atoms with Crippen molar-refractivity contribution in [3.63, 3.8) is 0 Å². The first-order chi connectivity index (χ1) is 13.2. The number of nitrogens with zero attached hydrogens (tertiary/aromatic N) is 4. The summed E-state index contributed by atoms with van der Waals surface area (Å²) in [5.74, 6) is 0.897. The third-order valence-corrected chi connectivity index (χ3v) is 4.81. The summed E-state index contributed by atoms with van der Waals surface area (Å²) in [6.45, 7) is 6.62. The average molecular weight is 365 g/mol. The molecule has 0 unspecified atom stereocenters. The quantitative estimate of drug-likeness (QED) is 0.748. The van der Waals surface area contributed by atoms with Crippen LogP contribution >= 0.6 is 0 Å². The first kappa shape index (κ1) is 17.6. The molecule has 0 aliphatic carbocycles. The van der Waals surface area contributed by atoms with Crippen molar-refractivity contribution >= 4 is 22.5 Å². The molecule has 0 atom stereocenters. The third kappa shape index (κ3) is 4.32. The smallest absolute Gasteiger partial charge is 0.238 e. The van der Waals surface area contributed by atoms with E-state index in [1.165, 1.54) is 0 Å². The number of rotatable bonds is 5. The lowest BCUT2D eigenvalue weighted by Gasteiger charge is -2.33. The Labute approximate surface area is 157 Å². The molecular weight excluding hydrogens is 342 g/mol. The molecule has 140 valence electrons. The molecule has 1 aliphatic heterocycles. The molecule has 4 rings (SSSR count). The molecule has 3 heterocycles. The largest absolute Gasteiger partial charge is 0.360 e. The monoisotopic (exact) mass is 365 g/mol. The normalized spacial score (nSPS) is 15.9. The molecular formula is C20H23N5O2. The highest BCUT2D eigenvalue weighted by molar-refractivity contribution is 6.01. The molecule has 1 amide bonds. The summed E-state index contributed by atoms with van der Waals surface area (Å²) in [4.78, 5) is 21.3. The van der Waals surface area contributed by atoms with Crippen molar-refractivity contribution in [2.45, 2.75) is 13.5 Å². The van der Waals surface area contributed by atoms with Crippen LogP contribution in [0.3, 0.4) is 0 Å². The van der Waals surface area contributed by atoms with Crippen LogP contribution < -0.4 is 5.32 Å². The average Bonchev–Trinajstić information content (AvgIpc) is 3.08. The van der Waals surface area contributed by atoms with Crippen LogP contribution in [0.4, 0.5) is 5.69 Å². The minimum Gasteiger partial charge on any atom is -0.360 e. The number of fused-ring (bicyclic) bond motifs is 1. The van der Waals surface area contributed by atoms with Gasteiger partial charge in [0.05, 0.1) is 30.0 Å². The first-order valence-electron chi connectivity index (χ1n) is 9.18. The van der Waals surface area contributed by atoms with Crippen LogP contribution in [0.1, 0.15) is 11.5 Å². The van der Waals surface area contributed by atoms with Gasteiger partial charge in [0.2, 0.25) is 5.91 Å². The molecule has 7 heteroatoms. The van der Waals surface area contributed by atoms with Gasteiger partial charge in [0.25, 0.3) is 0 Å². The second-order valence-corrected chi connectivity index (χ2v) is 6.91. The van der Waals surface area contributed by atoms with E-state index in [4.69, 9.17) is 4.52 Å². The SMILES string of the molecule is Cc1cc(CN2CCN(CC(=O)Nc3cccc4ncccc34)CC2)on1. The Morgan fingerprint density at radius 2 is 1.96 bits per heavy atom. The number of benzene rings is 1. The van der Waals surface area contributed by atoms with Crippen LogP contribution in [-0.2, 0) is 11.3 Å². The van der Waals surface area contributed by atoms with Gasteiger partial charge in [-0.15, -0.1) is 0 Å². The van der Waals surface area contributed by atoms with Crippen LogP contribution in [-0.4, -0.2) is 58.6 Å². The molecule has 3 aromatic rings. The van der Waals surface area contributed by atoms with E-state index < -0.39 is 0 Å². The zero-order chi connectivity index (χ0) is 18.6. The molecule has 0 radical (unpaired) electrons. The Morgan fingerprint density at radius 3 is 2.74 bits per heavy atom. The van der Waals surface area contributed by atoms with E-state index >= 15 is 0 Å². The summed E-state index contributed by atoms with van der Waals surface area (Å²) in [6.07, 6.45) is 1.76. The van der Waals surface area contributed by atoms with Crippen LogP contribution in [0.15, 0.2) is 47.1 Å². The predicted molar refractivity (Wildman–Crippen MR) is 103 cm³/mol. The number of nitrogens with one attached hydrogen (secondary N) is 1. The maximum Gasteiger partial charge on any atom is 0.238 e. The standard InChI is InChI=1S/C20H23N5O2/c1-15-12-16(27-23-15)13-24-8-10-25(11-9-24)14-20(26)22-19-6-2-5-18-17(19)4-3-7-21-18/h2-7,12H,8-11,13-14H2,1H3,(H,22,26). The van der Waals surface area contributed by atoms with Gasteiger partial charge in [0.1, 0.15) is 0 Å². The number of aryl methyl sites for hydroxylation is 1. The van der Waals surface area contributed by atoms with Gasteiger partial charge in [-0.3, -0.25) is 19.6 Å². The summed E-state index contributed by atoms with van der Waals surface area (Å²) in [5.41, 5.74) is 2.60. The number of carbonyl (C=O) groups is 1. The summed E-state index contributed by atoms with van der Waals surface area (Å²) < 4.78 is 5.29. The molecule has 27 heavy (non-hydrogen) atoms. The van der Waals surface area contributed by atoms with Crippen LogP contribution in [0.5, 0.6) is 0 Å². The maximum absolute atomic E-state index is 12.5. The van der Waals surface area contributed by atoms with Gasteiger partial charge in [0.15, 0.2) is 5.76 Å². The Balaban J connectivity index is 1.29. The van der Waals surface area contributed by atoms with Gasteiger partial charge in [-0.25, -0.2) is 0 Å². The Kier molecular flexibility index (Phi) is 5.13. The van der Waals surface area contributed by atoms with Crippen LogP contribution in [0.2, 0.25) is 0 Å². The topological polar surface area (TPSA) is 74.5 Å². The van der Waals surface area contributed by atoms with E-state index in [9.17, 15) is 4.79 Å². The lowest BCUT2D eigenvalue weighted by Crippen LogP contribution is -2.48. The van der Waals surface area contributed by atoms with Crippen molar-refractivity contribution in [3.8, 4) is 0 Å². The van der Waals surface area contributed by atoms with Crippen molar-refractivity contribution in [2.75, 3.05) is 38.0 Å². The van der Waals surface area contributed by atoms with Gasteiger partial charge in [0, 0.05) is 43.8 Å². The molecule has 1 fully saturated rings. The fourth-order valence-corrected chi connectivity index (χ4v) is 3.42. The summed E-state index contributed by atoms with van der Waals surface area (Å²) >= 11 is 0.